The molecule has 0 aliphatic rings. The summed E-state index contributed by atoms with van der Waals surface area (Å²) in [7, 11) is -3.90. The molecule has 7 nitrogen and oxygen atoms in total. The van der Waals surface area contributed by atoms with E-state index in [0.717, 1.165) is 5.56 Å². The molecule has 10 heteroatoms. The van der Waals surface area contributed by atoms with Crippen molar-refractivity contribution in [1.82, 2.24) is 5.32 Å². The molecule has 0 saturated heterocycles. The number of benzene rings is 3. The molecule has 0 bridgehead atoms. The van der Waals surface area contributed by atoms with Crippen molar-refractivity contribution in [2.45, 2.75) is 24.8 Å². The maximum absolute atomic E-state index is 13.0. The zero-order chi connectivity index (χ0) is 24.7. The number of hydrogen-bond acceptors (Lipinski definition) is 5. The molecule has 2 N–H and O–H groups in total. The Labute approximate surface area is 202 Å². The first kappa shape index (κ1) is 25.3. The highest BCUT2D eigenvalue weighted by molar-refractivity contribution is 7.92. The lowest BCUT2D eigenvalue weighted by molar-refractivity contribution is -0.123. The molecule has 0 aromatic heterocycles. The van der Waals surface area contributed by atoms with Crippen molar-refractivity contribution >= 4 is 33.2 Å². The van der Waals surface area contributed by atoms with Crippen LogP contribution in [0.1, 0.15) is 25.5 Å². The largest absolute Gasteiger partial charge is 0.494 e. The molecule has 0 heterocycles. The minimum atomic E-state index is -3.90. The van der Waals surface area contributed by atoms with E-state index >= 15 is 0 Å². The van der Waals surface area contributed by atoms with Gasteiger partial charge in [-0.15, -0.1) is 0 Å². The smallest absolute Gasteiger partial charge is 0.261 e. The molecule has 180 valence electrons. The highest BCUT2D eigenvalue weighted by Gasteiger charge is 2.17. The lowest BCUT2D eigenvalue weighted by Gasteiger charge is -2.15. The van der Waals surface area contributed by atoms with E-state index in [4.69, 9.17) is 21.1 Å². The Bertz CT molecular complexity index is 1240. The fraction of sp³-hybridized carbons (Fsp3) is 0.208. The zero-order valence-corrected chi connectivity index (χ0v) is 20.1. The van der Waals surface area contributed by atoms with Gasteiger partial charge in [-0.2, -0.15) is 0 Å². The van der Waals surface area contributed by atoms with E-state index < -0.39 is 15.9 Å². The molecule has 1 atom stereocenters. The predicted octanol–water partition coefficient (Wildman–Crippen LogP) is 4.93. The molecule has 0 unspecified atom stereocenters. The first-order valence-corrected chi connectivity index (χ1v) is 12.3. The number of anilines is 1. The fourth-order valence-corrected chi connectivity index (χ4v) is 4.41. The molecule has 0 aliphatic carbocycles. The second-order valence-electron chi connectivity index (χ2n) is 7.28. The van der Waals surface area contributed by atoms with E-state index in [0.29, 0.717) is 18.0 Å². The minimum Gasteiger partial charge on any atom is -0.494 e. The normalized spacial score (nSPS) is 12.0. The van der Waals surface area contributed by atoms with Crippen molar-refractivity contribution in [1.29, 1.82) is 0 Å². The van der Waals surface area contributed by atoms with Gasteiger partial charge in [-0.25, -0.2) is 12.8 Å². The van der Waals surface area contributed by atoms with Crippen LogP contribution < -0.4 is 19.5 Å². The number of nitrogens with one attached hydrogen (secondary N) is 2. The third kappa shape index (κ3) is 6.85. The lowest BCUT2D eigenvalue weighted by Crippen LogP contribution is -2.31. The Balaban J connectivity index is 1.59. The van der Waals surface area contributed by atoms with Crippen LogP contribution in [0.25, 0.3) is 0 Å². The number of amides is 1. The number of carbonyl (C=O) groups excluding carboxylic acids is 1. The van der Waals surface area contributed by atoms with Gasteiger partial charge in [-0.1, -0.05) is 23.7 Å². The van der Waals surface area contributed by atoms with Crippen molar-refractivity contribution in [3.8, 4) is 11.5 Å². The van der Waals surface area contributed by atoms with E-state index in [1.54, 1.807) is 43.3 Å². The Morgan fingerprint density at radius 2 is 1.71 bits per heavy atom. The third-order valence-corrected chi connectivity index (χ3v) is 6.41. The molecule has 0 spiro atoms. The number of rotatable bonds is 10. The Hall–Kier alpha value is -3.30. The minimum absolute atomic E-state index is 0.0361. The standard InChI is InChI=1S/C24H24ClFN2O5S/c1-3-32-20-10-8-19(9-11-20)28-34(30,31)21-12-13-23(22(25)14-21)33-15-24(29)27-16(2)17-4-6-18(26)7-5-17/h4-14,16,28H,3,15H2,1-2H3,(H,27,29)/t16-/m0/s1. The number of halogens is 2. The van der Waals surface area contributed by atoms with Crippen LogP contribution in [0.2, 0.25) is 5.02 Å². The van der Waals surface area contributed by atoms with Crippen LogP contribution >= 0.6 is 11.6 Å². The summed E-state index contributed by atoms with van der Waals surface area (Å²) >= 11 is 6.19. The van der Waals surface area contributed by atoms with Crippen LogP contribution in [0.4, 0.5) is 10.1 Å². The fourth-order valence-electron chi connectivity index (χ4n) is 3.03. The highest BCUT2D eigenvalue weighted by atomic mass is 35.5. The average molecular weight is 507 g/mol. The van der Waals surface area contributed by atoms with Crippen LogP contribution in [0, 0.1) is 5.82 Å². The summed E-state index contributed by atoms with van der Waals surface area (Å²) in [5.74, 6) is 0.0134. The molecule has 1 amide bonds. The Morgan fingerprint density at radius 3 is 2.32 bits per heavy atom. The molecule has 34 heavy (non-hydrogen) atoms. The monoisotopic (exact) mass is 506 g/mol. The Morgan fingerprint density at radius 1 is 1.03 bits per heavy atom. The van der Waals surface area contributed by atoms with Gasteiger partial charge in [0.2, 0.25) is 0 Å². The topological polar surface area (TPSA) is 93.7 Å². The molecular formula is C24H24ClFN2O5S. The second kappa shape index (κ2) is 11.2. The second-order valence-corrected chi connectivity index (χ2v) is 9.37. The quantitative estimate of drug-likeness (QED) is 0.406. The van der Waals surface area contributed by atoms with E-state index in [-0.39, 0.29) is 34.1 Å². The van der Waals surface area contributed by atoms with Gasteiger partial charge in [0, 0.05) is 5.69 Å². The van der Waals surface area contributed by atoms with Gasteiger partial charge in [-0.05, 0) is 74.0 Å². The summed E-state index contributed by atoms with van der Waals surface area (Å²) in [6.07, 6.45) is 0. The summed E-state index contributed by atoms with van der Waals surface area (Å²) in [4.78, 5) is 12.1. The van der Waals surface area contributed by atoms with Crippen molar-refractivity contribution in [3.05, 3.63) is 83.1 Å². The summed E-state index contributed by atoms with van der Waals surface area (Å²) in [6, 6.07) is 15.9. The third-order valence-electron chi connectivity index (χ3n) is 4.74. The first-order valence-electron chi connectivity index (χ1n) is 10.4. The number of ether oxygens (including phenoxy) is 2. The van der Waals surface area contributed by atoms with Gasteiger partial charge in [0.05, 0.1) is 22.6 Å². The molecule has 0 radical (unpaired) electrons. The molecule has 0 aliphatic heterocycles. The van der Waals surface area contributed by atoms with Gasteiger partial charge in [0.15, 0.2) is 6.61 Å². The van der Waals surface area contributed by atoms with Crippen LogP contribution in [0.15, 0.2) is 71.6 Å². The van der Waals surface area contributed by atoms with Gasteiger partial charge in [-0.3, -0.25) is 9.52 Å². The molecule has 0 saturated carbocycles. The van der Waals surface area contributed by atoms with Gasteiger partial charge < -0.3 is 14.8 Å². The zero-order valence-electron chi connectivity index (χ0n) is 18.5. The maximum atomic E-state index is 13.0. The summed E-state index contributed by atoms with van der Waals surface area (Å²) < 4.78 is 51.7. The van der Waals surface area contributed by atoms with Gasteiger partial charge >= 0.3 is 0 Å². The van der Waals surface area contributed by atoms with Crippen LogP contribution in [-0.4, -0.2) is 27.5 Å². The number of sulfonamides is 1. The van der Waals surface area contributed by atoms with Crippen LogP contribution in [0.3, 0.4) is 0 Å². The van der Waals surface area contributed by atoms with E-state index in [9.17, 15) is 17.6 Å². The van der Waals surface area contributed by atoms with E-state index in [2.05, 4.69) is 10.0 Å². The van der Waals surface area contributed by atoms with Crippen molar-refractivity contribution < 1.29 is 27.1 Å². The molecule has 3 rings (SSSR count). The summed E-state index contributed by atoms with van der Waals surface area (Å²) in [5.41, 5.74) is 1.11. The molecule has 3 aromatic carbocycles. The SMILES string of the molecule is CCOc1ccc(NS(=O)(=O)c2ccc(OCC(=O)N[C@@H](C)c3ccc(F)cc3)c(Cl)c2)cc1. The van der Waals surface area contributed by atoms with Crippen molar-refractivity contribution in [2.75, 3.05) is 17.9 Å². The highest BCUT2D eigenvalue weighted by Crippen LogP contribution is 2.28. The summed E-state index contributed by atoms with van der Waals surface area (Å²) in [5, 5.41) is 2.77. The van der Waals surface area contributed by atoms with E-state index in [1.807, 2.05) is 6.92 Å². The molecule has 3 aromatic rings. The van der Waals surface area contributed by atoms with Crippen molar-refractivity contribution in [3.63, 3.8) is 0 Å². The lowest BCUT2D eigenvalue weighted by atomic mass is 10.1. The van der Waals surface area contributed by atoms with Crippen LogP contribution in [0.5, 0.6) is 11.5 Å². The Kier molecular flexibility index (Phi) is 8.36. The average Bonchev–Trinajstić information content (AvgIpc) is 2.80. The van der Waals surface area contributed by atoms with Gasteiger partial charge in [0.1, 0.15) is 17.3 Å². The molecule has 0 fully saturated rings. The van der Waals surface area contributed by atoms with E-state index in [1.165, 1.54) is 30.3 Å². The number of hydrogen-bond donors (Lipinski definition) is 2. The number of carbonyl (C=O) groups is 1. The maximum Gasteiger partial charge on any atom is 0.261 e. The van der Waals surface area contributed by atoms with Gasteiger partial charge in [0.25, 0.3) is 15.9 Å². The first-order chi connectivity index (χ1) is 16.2. The van der Waals surface area contributed by atoms with Crippen LogP contribution in [-0.2, 0) is 14.8 Å². The predicted molar refractivity (Wildman–Crippen MR) is 128 cm³/mol. The van der Waals surface area contributed by atoms with Crippen molar-refractivity contribution in [2.24, 2.45) is 0 Å². The molecular weight excluding hydrogens is 483 g/mol. The summed E-state index contributed by atoms with van der Waals surface area (Å²) in [6.45, 7) is 3.79.